The van der Waals surface area contributed by atoms with Crippen LogP contribution in [0.5, 0.6) is 0 Å². The van der Waals surface area contributed by atoms with Crippen LogP contribution >= 0.6 is 0 Å². The Morgan fingerprint density at radius 3 is 2.64 bits per heavy atom. The summed E-state index contributed by atoms with van der Waals surface area (Å²) in [7, 11) is 1.57. The van der Waals surface area contributed by atoms with Gasteiger partial charge in [-0.2, -0.15) is 9.61 Å². The van der Waals surface area contributed by atoms with E-state index in [1.165, 1.54) is 15.6 Å². The molecule has 1 saturated heterocycles. The maximum atomic E-state index is 13.5. The molecule has 1 unspecified atom stereocenters. The topological polar surface area (TPSA) is 132 Å². The first-order chi connectivity index (χ1) is 20.0. The summed E-state index contributed by atoms with van der Waals surface area (Å²) in [5.41, 5.74) is -0.0419. The molecule has 226 valence electrons. The minimum Gasteiger partial charge on any atom is -0.443 e. The fourth-order valence-corrected chi connectivity index (χ4v) is 5.66. The zero-order valence-electron chi connectivity index (χ0n) is 25.1. The molecule has 2 atom stereocenters. The Bertz CT molecular complexity index is 1500. The second kappa shape index (κ2) is 12.1. The third kappa shape index (κ3) is 6.59. The van der Waals surface area contributed by atoms with E-state index in [0.717, 1.165) is 38.5 Å². The molecule has 3 aromatic heterocycles. The van der Waals surface area contributed by atoms with Gasteiger partial charge < -0.3 is 24.7 Å². The number of pyridine rings is 1. The summed E-state index contributed by atoms with van der Waals surface area (Å²) in [6.07, 6.45) is 8.24. The summed E-state index contributed by atoms with van der Waals surface area (Å²) in [4.78, 5) is 46.0. The van der Waals surface area contributed by atoms with Gasteiger partial charge in [0.05, 0.1) is 6.20 Å². The Morgan fingerprint density at radius 1 is 1.17 bits per heavy atom. The number of nitrogens with zero attached hydrogens (tertiary/aromatic N) is 5. The summed E-state index contributed by atoms with van der Waals surface area (Å²) < 4.78 is 14.2. The zero-order valence-corrected chi connectivity index (χ0v) is 25.1. The zero-order chi connectivity index (χ0) is 30.0. The highest BCUT2D eigenvalue weighted by molar-refractivity contribution is 6.00. The lowest BCUT2D eigenvalue weighted by Gasteiger charge is -2.27. The maximum Gasteiger partial charge on any atom is 0.415 e. The van der Waals surface area contributed by atoms with Gasteiger partial charge in [0.2, 0.25) is 0 Å². The Hall–Kier alpha value is -3.93. The number of ether oxygens (including phenoxy) is 2. The number of anilines is 3. The molecule has 0 aromatic carbocycles. The van der Waals surface area contributed by atoms with E-state index in [0.29, 0.717) is 30.6 Å². The Morgan fingerprint density at radius 2 is 1.93 bits per heavy atom. The highest BCUT2D eigenvalue weighted by atomic mass is 16.6. The predicted molar refractivity (Wildman–Crippen MR) is 160 cm³/mol. The van der Waals surface area contributed by atoms with Gasteiger partial charge in [0.15, 0.2) is 5.65 Å². The van der Waals surface area contributed by atoms with Crippen LogP contribution in [-0.4, -0.2) is 63.1 Å². The molecule has 0 bridgehead atoms. The lowest BCUT2D eigenvalue weighted by atomic mass is 9.87. The van der Waals surface area contributed by atoms with Crippen molar-refractivity contribution < 1.29 is 19.1 Å². The SMILES string of the molecule is C[C@H]1CCCC(NC(=O)c2cnn3c(N(C)C(=O)OC(C)(C)C)cc(Nc4cccn(C5CCOCC5)c4=O)nc23)C1. The molecule has 1 aliphatic carbocycles. The molecular weight excluding hydrogens is 538 g/mol. The molecule has 0 spiro atoms. The molecule has 12 nitrogen and oxygen atoms in total. The number of fused-ring (bicyclic) bond motifs is 1. The van der Waals surface area contributed by atoms with Gasteiger partial charge in [-0.15, -0.1) is 0 Å². The van der Waals surface area contributed by atoms with E-state index < -0.39 is 11.7 Å². The van der Waals surface area contributed by atoms with Gasteiger partial charge in [0, 0.05) is 44.6 Å². The Balaban J connectivity index is 1.52. The van der Waals surface area contributed by atoms with Crippen molar-refractivity contribution >= 4 is 35.0 Å². The number of aromatic nitrogens is 4. The van der Waals surface area contributed by atoms with E-state index in [1.54, 1.807) is 50.7 Å². The van der Waals surface area contributed by atoms with Crippen molar-refractivity contribution in [2.24, 2.45) is 5.92 Å². The van der Waals surface area contributed by atoms with E-state index in [9.17, 15) is 14.4 Å². The Kier molecular flexibility index (Phi) is 8.53. The molecule has 3 aromatic rings. The van der Waals surface area contributed by atoms with Crippen molar-refractivity contribution in [3.8, 4) is 0 Å². The first-order valence-corrected chi connectivity index (χ1v) is 14.7. The number of hydrogen-bond acceptors (Lipinski definition) is 8. The largest absolute Gasteiger partial charge is 0.443 e. The molecule has 42 heavy (non-hydrogen) atoms. The molecule has 12 heteroatoms. The first kappa shape index (κ1) is 29.6. The van der Waals surface area contributed by atoms with Crippen molar-refractivity contribution in [2.45, 2.75) is 83.9 Å². The molecule has 5 rings (SSSR count). The smallest absolute Gasteiger partial charge is 0.415 e. The molecule has 2 amide bonds. The van der Waals surface area contributed by atoms with Crippen molar-refractivity contribution in [2.75, 3.05) is 30.5 Å². The number of carbonyl (C=O) groups excluding carboxylic acids is 2. The van der Waals surface area contributed by atoms with Crippen LogP contribution in [-0.2, 0) is 9.47 Å². The molecule has 2 N–H and O–H groups in total. The van der Waals surface area contributed by atoms with Gasteiger partial charge in [0.1, 0.15) is 28.5 Å². The maximum absolute atomic E-state index is 13.5. The van der Waals surface area contributed by atoms with Gasteiger partial charge in [-0.3, -0.25) is 14.5 Å². The monoisotopic (exact) mass is 579 g/mol. The van der Waals surface area contributed by atoms with Crippen LogP contribution in [0, 0.1) is 5.92 Å². The number of carbonyl (C=O) groups is 2. The van der Waals surface area contributed by atoms with E-state index in [-0.39, 0.29) is 40.6 Å². The van der Waals surface area contributed by atoms with E-state index >= 15 is 0 Å². The molecule has 1 saturated carbocycles. The highest BCUT2D eigenvalue weighted by Gasteiger charge is 2.27. The summed E-state index contributed by atoms with van der Waals surface area (Å²) in [5, 5.41) is 10.7. The van der Waals surface area contributed by atoms with Gasteiger partial charge in [0.25, 0.3) is 11.5 Å². The number of rotatable bonds is 6. The first-order valence-electron chi connectivity index (χ1n) is 14.7. The molecule has 0 radical (unpaired) electrons. The predicted octanol–water partition coefficient (Wildman–Crippen LogP) is 4.67. The second-order valence-corrected chi connectivity index (χ2v) is 12.4. The van der Waals surface area contributed by atoms with Crippen molar-refractivity contribution in [1.29, 1.82) is 0 Å². The van der Waals surface area contributed by atoms with Gasteiger partial charge in [-0.05, 0) is 64.5 Å². The lowest BCUT2D eigenvalue weighted by molar-refractivity contribution is 0.0587. The lowest BCUT2D eigenvalue weighted by Crippen LogP contribution is -2.38. The van der Waals surface area contributed by atoms with Crippen molar-refractivity contribution in [1.82, 2.24) is 24.5 Å². The number of nitrogens with one attached hydrogen (secondary N) is 2. The van der Waals surface area contributed by atoms with Gasteiger partial charge in [-0.25, -0.2) is 9.78 Å². The third-order valence-electron chi connectivity index (χ3n) is 7.80. The van der Waals surface area contributed by atoms with Gasteiger partial charge >= 0.3 is 6.09 Å². The minimum absolute atomic E-state index is 0.0462. The molecule has 2 aliphatic rings. The fraction of sp³-hybridized carbons (Fsp3) is 0.567. The van der Waals surface area contributed by atoms with E-state index in [2.05, 4.69) is 22.7 Å². The summed E-state index contributed by atoms with van der Waals surface area (Å²) in [5.74, 6) is 0.881. The molecule has 4 heterocycles. The van der Waals surface area contributed by atoms with E-state index in [4.69, 9.17) is 14.5 Å². The van der Waals surface area contributed by atoms with Crippen LogP contribution in [0.1, 0.15) is 82.6 Å². The molecular formula is C30H41N7O5. The molecule has 1 aliphatic heterocycles. The quantitative estimate of drug-likeness (QED) is 0.431. The summed E-state index contributed by atoms with van der Waals surface area (Å²) >= 11 is 0. The van der Waals surface area contributed by atoms with Crippen LogP contribution in [0.2, 0.25) is 0 Å². The number of hydrogen-bond donors (Lipinski definition) is 2. The normalized spacial score (nSPS) is 19.8. The second-order valence-electron chi connectivity index (χ2n) is 12.4. The summed E-state index contributed by atoms with van der Waals surface area (Å²) in [6.45, 7) is 8.78. The number of amides is 2. The van der Waals surface area contributed by atoms with Crippen molar-refractivity contribution in [3.63, 3.8) is 0 Å². The minimum atomic E-state index is -0.718. The molecule has 2 fully saturated rings. The highest BCUT2D eigenvalue weighted by Crippen LogP contribution is 2.27. The van der Waals surface area contributed by atoms with Gasteiger partial charge in [-0.1, -0.05) is 19.8 Å². The average Bonchev–Trinajstić information content (AvgIpc) is 3.37. The standard InChI is InChI=1S/C30H41N7O5/c1-19-8-6-9-20(16-19)32-27(38)22-18-31-37-25(35(5)29(40)42-30(2,3)4)17-24(34-26(22)37)33-23-10-7-13-36(28(23)39)21-11-14-41-15-12-21/h7,10,13,17-21H,6,8-9,11-12,14-16H2,1-5H3,(H,32,38)(H,33,34)/t19-,20?/m0/s1. The van der Waals surface area contributed by atoms with Crippen LogP contribution in [0.3, 0.4) is 0 Å². The third-order valence-corrected chi connectivity index (χ3v) is 7.80. The Labute approximate surface area is 245 Å². The summed E-state index contributed by atoms with van der Waals surface area (Å²) in [6, 6.07) is 5.24. The van der Waals surface area contributed by atoms with E-state index in [1.807, 2.05) is 6.07 Å². The van der Waals surface area contributed by atoms with Crippen molar-refractivity contribution in [3.05, 3.63) is 46.5 Å². The van der Waals surface area contributed by atoms with Crippen LogP contribution in [0.15, 0.2) is 35.4 Å². The van der Waals surface area contributed by atoms with Crippen LogP contribution in [0.4, 0.5) is 22.1 Å². The van der Waals surface area contributed by atoms with Crippen LogP contribution in [0.25, 0.3) is 5.65 Å². The van der Waals surface area contributed by atoms with Crippen LogP contribution < -0.4 is 21.1 Å². The average molecular weight is 580 g/mol. The fourth-order valence-electron chi connectivity index (χ4n) is 5.66.